The molecule has 0 aromatic heterocycles. The van der Waals surface area contributed by atoms with E-state index in [0.29, 0.717) is 25.9 Å². The van der Waals surface area contributed by atoms with Gasteiger partial charge in [0.2, 0.25) is 5.91 Å². The van der Waals surface area contributed by atoms with Gasteiger partial charge >= 0.3 is 5.97 Å². The molecule has 56 heavy (non-hydrogen) atoms. The molecule has 330 valence electrons. The number of rotatable bonds is 45. The molecule has 0 fully saturated rings. The second-order valence-electron chi connectivity index (χ2n) is 16.8. The number of amides is 1. The fourth-order valence-corrected chi connectivity index (χ4v) is 7.43. The maximum Gasteiger partial charge on any atom is 0.305 e. The molecule has 0 radical (unpaired) electrons. The van der Waals surface area contributed by atoms with Crippen LogP contribution in [-0.4, -0.2) is 47.4 Å². The molecule has 0 spiro atoms. The summed E-state index contributed by atoms with van der Waals surface area (Å²) in [7, 11) is 0. The van der Waals surface area contributed by atoms with E-state index in [1.54, 1.807) is 0 Å². The topological polar surface area (TPSA) is 95.9 Å². The highest BCUT2D eigenvalue weighted by molar-refractivity contribution is 5.76. The molecular formula is C50H95NO5. The van der Waals surface area contributed by atoms with E-state index in [1.807, 2.05) is 0 Å². The molecule has 0 aromatic rings. The number of ether oxygens (including phenoxy) is 1. The summed E-state index contributed by atoms with van der Waals surface area (Å²) < 4.78 is 5.46. The number of carbonyl (C=O) groups is 2. The van der Waals surface area contributed by atoms with Gasteiger partial charge in [-0.15, -0.1) is 0 Å². The standard InChI is InChI=1S/C50H95NO5/c1-3-5-7-9-11-13-14-15-16-17-21-24-28-32-36-40-44-50(55)56-45-41-37-33-29-25-22-19-18-20-23-27-31-35-39-43-49(54)51-47(46-52)48(53)42-38-34-30-26-12-10-8-6-4-2/h13-14,16-17,47-48,52-53H,3-12,15,18-46H2,1-2H3,(H,51,54)/b14-13-,17-16-. The Morgan fingerprint density at radius 3 is 1.38 bits per heavy atom. The van der Waals surface area contributed by atoms with Crippen molar-refractivity contribution in [2.24, 2.45) is 0 Å². The minimum atomic E-state index is -0.669. The summed E-state index contributed by atoms with van der Waals surface area (Å²) in [4.78, 5) is 24.4. The molecule has 1 amide bonds. The molecule has 0 saturated heterocycles. The van der Waals surface area contributed by atoms with Gasteiger partial charge in [0.15, 0.2) is 0 Å². The third-order valence-corrected chi connectivity index (χ3v) is 11.3. The number of esters is 1. The molecule has 0 heterocycles. The number of aliphatic hydroxyl groups is 2. The molecule has 3 N–H and O–H groups in total. The number of unbranched alkanes of at least 4 members (excludes halogenated alkanes) is 30. The minimum Gasteiger partial charge on any atom is -0.466 e. The van der Waals surface area contributed by atoms with Gasteiger partial charge in [-0.25, -0.2) is 0 Å². The van der Waals surface area contributed by atoms with Gasteiger partial charge in [-0.1, -0.05) is 212 Å². The van der Waals surface area contributed by atoms with Crippen molar-refractivity contribution in [3.63, 3.8) is 0 Å². The van der Waals surface area contributed by atoms with Crippen LogP contribution >= 0.6 is 0 Å². The lowest BCUT2D eigenvalue weighted by Gasteiger charge is -2.22. The number of hydrogen-bond donors (Lipinski definition) is 3. The van der Waals surface area contributed by atoms with Gasteiger partial charge in [-0.3, -0.25) is 9.59 Å². The number of allylic oxidation sites excluding steroid dienone is 4. The van der Waals surface area contributed by atoms with Crippen molar-refractivity contribution in [3.8, 4) is 0 Å². The highest BCUT2D eigenvalue weighted by Gasteiger charge is 2.20. The first kappa shape index (κ1) is 54.3. The second kappa shape index (κ2) is 46.0. The van der Waals surface area contributed by atoms with Crippen LogP contribution in [0.4, 0.5) is 0 Å². The van der Waals surface area contributed by atoms with Crippen molar-refractivity contribution in [2.75, 3.05) is 13.2 Å². The smallest absolute Gasteiger partial charge is 0.305 e. The van der Waals surface area contributed by atoms with Crippen LogP contribution in [0.3, 0.4) is 0 Å². The van der Waals surface area contributed by atoms with Crippen molar-refractivity contribution >= 4 is 11.9 Å². The molecule has 0 aliphatic heterocycles. The van der Waals surface area contributed by atoms with Crippen molar-refractivity contribution in [1.82, 2.24) is 5.32 Å². The quantitative estimate of drug-likeness (QED) is 0.0324. The lowest BCUT2D eigenvalue weighted by Crippen LogP contribution is -2.45. The molecule has 0 rings (SSSR count). The van der Waals surface area contributed by atoms with Crippen molar-refractivity contribution in [2.45, 2.75) is 270 Å². The maximum absolute atomic E-state index is 12.4. The van der Waals surface area contributed by atoms with Crippen LogP contribution in [-0.2, 0) is 14.3 Å². The van der Waals surface area contributed by atoms with E-state index in [2.05, 4.69) is 43.5 Å². The van der Waals surface area contributed by atoms with Gasteiger partial charge in [0.25, 0.3) is 0 Å². The SMILES string of the molecule is CCCCCC/C=C\C/C=C\CCCCCCCC(=O)OCCCCCCCCCCCCCCCCC(=O)NC(CO)C(O)CCCCCCCCCCC. The van der Waals surface area contributed by atoms with E-state index < -0.39 is 12.1 Å². The first-order valence-corrected chi connectivity index (χ1v) is 24.6. The summed E-state index contributed by atoms with van der Waals surface area (Å²) in [5.74, 6) is -0.0654. The predicted octanol–water partition coefficient (Wildman–Crippen LogP) is 14.3. The second-order valence-corrected chi connectivity index (χ2v) is 16.8. The molecule has 2 unspecified atom stereocenters. The summed E-state index contributed by atoms with van der Waals surface area (Å²) >= 11 is 0. The highest BCUT2D eigenvalue weighted by Crippen LogP contribution is 2.16. The third kappa shape index (κ3) is 42.0. The monoisotopic (exact) mass is 790 g/mol. The fourth-order valence-electron chi connectivity index (χ4n) is 7.43. The number of carbonyl (C=O) groups excluding carboxylic acids is 2. The van der Waals surface area contributed by atoms with Crippen LogP contribution in [0.2, 0.25) is 0 Å². The zero-order chi connectivity index (χ0) is 40.8. The van der Waals surface area contributed by atoms with Crippen LogP contribution in [0.5, 0.6) is 0 Å². The summed E-state index contributed by atoms with van der Waals surface area (Å²) in [6, 6.07) is -0.547. The lowest BCUT2D eigenvalue weighted by atomic mass is 10.0. The van der Waals surface area contributed by atoms with Gasteiger partial charge in [-0.05, 0) is 57.8 Å². The molecule has 6 heteroatoms. The third-order valence-electron chi connectivity index (χ3n) is 11.3. The van der Waals surface area contributed by atoms with Crippen LogP contribution in [0, 0.1) is 0 Å². The summed E-state index contributed by atoms with van der Waals surface area (Å²) in [6.07, 6.45) is 52.8. The van der Waals surface area contributed by atoms with E-state index in [1.165, 1.54) is 167 Å². The zero-order valence-corrected chi connectivity index (χ0v) is 37.4. The minimum absolute atomic E-state index is 0.0163. The maximum atomic E-state index is 12.4. The van der Waals surface area contributed by atoms with E-state index in [0.717, 1.165) is 57.8 Å². The Labute approximate surface area is 348 Å². The first-order valence-electron chi connectivity index (χ1n) is 24.6. The lowest BCUT2D eigenvalue weighted by molar-refractivity contribution is -0.143. The summed E-state index contributed by atoms with van der Waals surface area (Å²) in [5.41, 5.74) is 0. The first-order chi connectivity index (χ1) is 27.5. The molecule has 6 nitrogen and oxygen atoms in total. The average molecular weight is 790 g/mol. The van der Waals surface area contributed by atoms with Crippen molar-refractivity contribution < 1.29 is 24.5 Å². The number of aliphatic hydroxyl groups excluding tert-OH is 2. The van der Waals surface area contributed by atoms with Crippen molar-refractivity contribution in [1.29, 1.82) is 0 Å². The van der Waals surface area contributed by atoms with E-state index in [4.69, 9.17) is 4.74 Å². The van der Waals surface area contributed by atoms with Crippen LogP contribution < -0.4 is 5.32 Å². The molecule has 0 aliphatic carbocycles. The number of nitrogens with one attached hydrogen (secondary N) is 1. The fraction of sp³-hybridized carbons (Fsp3) is 0.880. The van der Waals surface area contributed by atoms with E-state index >= 15 is 0 Å². The number of hydrogen-bond acceptors (Lipinski definition) is 5. The van der Waals surface area contributed by atoms with Crippen LogP contribution in [0.15, 0.2) is 24.3 Å². The van der Waals surface area contributed by atoms with Crippen LogP contribution in [0.1, 0.15) is 258 Å². The zero-order valence-electron chi connectivity index (χ0n) is 37.4. The molecular weight excluding hydrogens is 695 g/mol. The molecule has 0 aromatic carbocycles. The van der Waals surface area contributed by atoms with Crippen LogP contribution in [0.25, 0.3) is 0 Å². The van der Waals surface area contributed by atoms with E-state index in [9.17, 15) is 19.8 Å². The summed E-state index contributed by atoms with van der Waals surface area (Å²) in [5, 5.41) is 23.0. The summed E-state index contributed by atoms with van der Waals surface area (Å²) in [6.45, 7) is 4.88. The van der Waals surface area contributed by atoms with Gasteiger partial charge in [-0.2, -0.15) is 0 Å². The Hall–Kier alpha value is -1.66. The Morgan fingerprint density at radius 1 is 0.500 bits per heavy atom. The molecule has 0 aliphatic rings. The van der Waals surface area contributed by atoms with Gasteiger partial charge in [0.1, 0.15) is 0 Å². The molecule has 0 bridgehead atoms. The largest absolute Gasteiger partial charge is 0.466 e. The Balaban J connectivity index is 3.43. The highest BCUT2D eigenvalue weighted by atomic mass is 16.5. The Morgan fingerprint density at radius 2 is 0.893 bits per heavy atom. The van der Waals surface area contributed by atoms with Gasteiger partial charge in [0, 0.05) is 12.8 Å². The molecule has 0 saturated carbocycles. The van der Waals surface area contributed by atoms with E-state index in [-0.39, 0.29) is 18.5 Å². The van der Waals surface area contributed by atoms with Gasteiger partial charge < -0.3 is 20.3 Å². The Bertz CT molecular complexity index is 874. The normalized spacial score (nSPS) is 12.9. The predicted molar refractivity (Wildman–Crippen MR) is 241 cm³/mol. The van der Waals surface area contributed by atoms with Crippen molar-refractivity contribution in [3.05, 3.63) is 24.3 Å². The molecule has 2 atom stereocenters. The average Bonchev–Trinajstić information content (AvgIpc) is 3.20. The Kier molecular flexibility index (Phi) is 44.7. The van der Waals surface area contributed by atoms with Gasteiger partial charge in [0.05, 0.1) is 25.4 Å².